The summed E-state index contributed by atoms with van der Waals surface area (Å²) in [7, 11) is 1.45. The second-order valence-electron chi connectivity index (χ2n) is 3.94. The minimum absolute atomic E-state index is 0.254. The maximum Gasteiger partial charge on any atom is 0.165 e. The van der Waals surface area contributed by atoms with Gasteiger partial charge in [-0.3, -0.25) is 4.79 Å². The predicted octanol–water partition coefficient (Wildman–Crippen LogP) is 3.94. The van der Waals surface area contributed by atoms with E-state index < -0.39 is 0 Å². The van der Waals surface area contributed by atoms with Gasteiger partial charge in [0, 0.05) is 16.2 Å². The smallest absolute Gasteiger partial charge is 0.165 e. The Labute approximate surface area is 115 Å². The Bertz CT molecular complexity index is 567. The summed E-state index contributed by atoms with van der Waals surface area (Å²) < 4.78 is 18.4. The highest BCUT2D eigenvalue weighted by atomic mass is 32.2. The van der Waals surface area contributed by atoms with E-state index >= 15 is 0 Å². The molecule has 0 amide bonds. The fraction of sp³-hybridized carbons (Fsp3) is 0.133. The SMILES string of the molecule is COc1ccc(CSc2ccc(C=O)cc2)cc1F. The monoisotopic (exact) mass is 276 g/mol. The van der Waals surface area contributed by atoms with Crippen LogP contribution in [0.15, 0.2) is 47.4 Å². The van der Waals surface area contributed by atoms with Crippen molar-refractivity contribution in [2.75, 3.05) is 7.11 Å². The molecule has 0 saturated carbocycles. The van der Waals surface area contributed by atoms with E-state index in [2.05, 4.69) is 0 Å². The van der Waals surface area contributed by atoms with Crippen LogP contribution in [0.2, 0.25) is 0 Å². The van der Waals surface area contributed by atoms with Crippen LogP contribution in [0.25, 0.3) is 0 Å². The van der Waals surface area contributed by atoms with Crippen molar-refractivity contribution in [3.05, 3.63) is 59.4 Å². The molecule has 0 heterocycles. The topological polar surface area (TPSA) is 26.3 Å². The molecule has 2 aromatic rings. The minimum Gasteiger partial charge on any atom is -0.494 e. The number of methoxy groups -OCH3 is 1. The highest BCUT2D eigenvalue weighted by molar-refractivity contribution is 7.98. The zero-order valence-electron chi connectivity index (χ0n) is 10.4. The lowest BCUT2D eigenvalue weighted by atomic mass is 10.2. The van der Waals surface area contributed by atoms with Crippen LogP contribution < -0.4 is 4.74 Å². The first-order chi connectivity index (χ1) is 9.22. The van der Waals surface area contributed by atoms with Crippen LogP contribution in [-0.4, -0.2) is 13.4 Å². The largest absolute Gasteiger partial charge is 0.494 e. The molecule has 0 radical (unpaired) electrons. The Balaban J connectivity index is 2.01. The number of ether oxygens (including phenoxy) is 1. The molecule has 0 N–H and O–H groups in total. The molecule has 2 nitrogen and oxygen atoms in total. The molecule has 0 aliphatic carbocycles. The van der Waals surface area contributed by atoms with Gasteiger partial charge in [-0.15, -0.1) is 11.8 Å². The Morgan fingerprint density at radius 1 is 1.21 bits per heavy atom. The lowest BCUT2D eigenvalue weighted by Crippen LogP contribution is -1.90. The molecule has 0 spiro atoms. The molecule has 0 aliphatic heterocycles. The quantitative estimate of drug-likeness (QED) is 0.611. The van der Waals surface area contributed by atoms with Gasteiger partial charge >= 0.3 is 0 Å². The van der Waals surface area contributed by atoms with Crippen LogP contribution in [0.1, 0.15) is 15.9 Å². The Morgan fingerprint density at radius 3 is 2.53 bits per heavy atom. The lowest BCUT2D eigenvalue weighted by molar-refractivity contribution is 0.112. The first-order valence-corrected chi connectivity index (χ1v) is 6.72. The molecule has 2 aromatic carbocycles. The zero-order valence-corrected chi connectivity index (χ0v) is 11.2. The zero-order chi connectivity index (χ0) is 13.7. The number of thioether (sulfide) groups is 1. The van der Waals surface area contributed by atoms with Crippen molar-refractivity contribution in [1.82, 2.24) is 0 Å². The van der Waals surface area contributed by atoms with Crippen LogP contribution in [0, 0.1) is 5.82 Å². The van der Waals surface area contributed by atoms with Gasteiger partial charge in [0.25, 0.3) is 0 Å². The predicted molar refractivity (Wildman–Crippen MR) is 74.3 cm³/mol. The summed E-state index contributed by atoms with van der Waals surface area (Å²) in [4.78, 5) is 11.6. The fourth-order valence-electron chi connectivity index (χ4n) is 1.61. The third-order valence-electron chi connectivity index (χ3n) is 2.64. The molecular weight excluding hydrogens is 263 g/mol. The molecule has 19 heavy (non-hydrogen) atoms. The number of benzene rings is 2. The van der Waals surface area contributed by atoms with Gasteiger partial charge in [0.1, 0.15) is 6.29 Å². The Morgan fingerprint density at radius 2 is 1.95 bits per heavy atom. The van der Waals surface area contributed by atoms with Gasteiger partial charge in [-0.25, -0.2) is 4.39 Å². The number of hydrogen-bond acceptors (Lipinski definition) is 3. The lowest BCUT2D eigenvalue weighted by Gasteiger charge is -2.05. The van der Waals surface area contributed by atoms with E-state index in [0.717, 1.165) is 16.7 Å². The molecule has 0 aromatic heterocycles. The summed E-state index contributed by atoms with van der Waals surface area (Å²) in [5.41, 5.74) is 1.54. The first-order valence-electron chi connectivity index (χ1n) is 5.73. The van der Waals surface area contributed by atoms with Gasteiger partial charge < -0.3 is 4.74 Å². The summed E-state index contributed by atoms with van der Waals surface area (Å²) in [6, 6.07) is 12.2. The fourth-order valence-corrected chi connectivity index (χ4v) is 2.45. The molecule has 0 bridgehead atoms. The first kappa shape index (κ1) is 13.6. The number of halogens is 1. The van der Waals surface area contributed by atoms with Crippen LogP contribution in [0.5, 0.6) is 5.75 Å². The van der Waals surface area contributed by atoms with E-state index in [9.17, 15) is 9.18 Å². The van der Waals surface area contributed by atoms with Crippen LogP contribution in [-0.2, 0) is 5.75 Å². The maximum atomic E-state index is 13.5. The van der Waals surface area contributed by atoms with Crippen molar-refractivity contribution in [3.63, 3.8) is 0 Å². The summed E-state index contributed by atoms with van der Waals surface area (Å²) in [5, 5.41) is 0. The number of hydrogen-bond donors (Lipinski definition) is 0. The van der Waals surface area contributed by atoms with E-state index in [-0.39, 0.29) is 11.6 Å². The molecule has 0 saturated heterocycles. The number of carbonyl (C=O) groups is 1. The third kappa shape index (κ3) is 3.58. The molecule has 0 unspecified atom stereocenters. The second-order valence-corrected chi connectivity index (χ2v) is 4.99. The maximum absolute atomic E-state index is 13.5. The summed E-state index contributed by atoms with van der Waals surface area (Å²) in [6.45, 7) is 0. The second kappa shape index (κ2) is 6.38. The van der Waals surface area contributed by atoms with E-state index in [1.54, 1.807) is 30.0 Å². The van der Waals surface area contributed by atoms with Crippen molar-refractivity contribution in [2.24, 2.45) is 0 Å². The Kier molecular flexibility index (Phi) is 4.58. The Hall–Kier alpha value is -1.81. The molecule has 0 fully saturated rings. The van der Waals surface area contributed by atoms with Gasteiger partial charge in [-0.1, -0.05) is 18.2 Å². The summed E-state index contributed by atoms with van der Waals surface area (Å²) in [6.07, 6.45) is 0.813. The van der Waals surface area contributed by atoms with Crippen LogP contribution in [0.4, 0.5) is 4.39 Å². The highest BCUT2D eigenvalue weighted by Gasteiger charge is 2.04. The molecule has 0 aliphatic rings. The average Bonchev–Trinajstić information content (AvgIpc) is 2.46. The normalized spacial score (nSPS) is 10.2. The van der Waals surface area contributed by atoms with E-state index in [1.165, 1.54) is 13.2 Å². The standard InChI is InChI=1S/C15H13FO2S/c1-18-15-7-4-12(8-14(15)16)10-19-13-5-2-11(9-17)3-6-13/h2-9H,10H2,1H3. The highest BCUT2D eigenvalue weighted by Crippen LogP contribution is 2.25. The van der Waals surface area contributed by atoms with Gasteiger partial charge in [-0.2, -0.15) is 0 Å². The molecule has 4 heteroatoms. The number of carbonyl (C=O) groups excluding carboxylic acids is 1. The number of aldehydes is 1. The van der Waals surface area contributed by atoms with Crippen LogP contribution >= 0.6 is 11.8 Å². The summed E-state index contributed by atoms with van der Waals surface area (Å²) >= 11 is 1.59. The van der Waals surface area contributed by atoms with Crippen molar-refractivity contribution >= 4 is 18.0 Å². The van der Waals surface area contributed by atoms with Crippen LogP contribution in [0.3, 0.4) is 0 Å². The van der Waals surface area contributed by atoms with Gasteiger partial charge in [-0.05, 0) is 29.8 Å². The molecule has 2 rings (SSSR count). The van der Waals surface area contributed by atoms with E-state index in [1.807, 2.05) is 18.2 Å². The van der Waals surface area contributed by atoms with Gasteiger partial charge in [0.2, 0.25) is 0 Å². The molecule has 0 atom stereocenters. The van der Waals surface area contributed by atoms with Crippen molar-refractivity contribution in [1.29, 1.82) is 0 Å². The molecular formula is C15H13FO2S. The third-order valence-corrected chi connectivity index (χ3v) is 3.72. The van der Waals surface area contributed by atoms with Crippen molar-refractivity contribution < 1.29 is 13.9 Å². The minimum atomic E-state index is -0.350. The van der Waals surface area contributed by atoms with Gasteiger partial charge in [0.15, 0.2) is 11.6 Å². The number of rotatable bonds is 5. The van der Waals surface area contributed by atoms with E-state index in [0.29, 0.717) is 11.3 Å². The van der Waals surface area contributed by atoms with E-state index in [4.69, 9.17) is 4.74 Å². The molecule has 98 valence electrons. The van der Waals surface area contributed by atoms with Crippen molar-refractivity contribution in [2.45, 2.75) is 10.6 Å². The average molecular weight is 276 g/mol. The van der Waals surface area contributed by atoms with Crippen molar-refractivity contribution in [3.8, 4) is 5.75 Å². The van der Waals surface area contributed by atoms with Gasteiger partial charge in [0.05, 0.1) is 7.11 Å². The summed E-state index contributed by atoms with van der Waals surface area (Å²) in [5.74, 6) is 0.572.